The largest absolute Gasteiger partial charge is 0.454 e. The topological polar surface area (TPSA) is 82.5 Å². The lowest BCUT2D eigenvalue weighted by Gasteiger charge is -2.13. The molecule has 1 aliphatic rings. The number of ether oxygens (including phenoxy) is 2. The van der Waals surface area contributed by atoms with Gasteiger partial charge in [0.25, 0.3) is 5.56 Å². The number of halogens is 1. The Morgan fingerprint density at radius 1 is 1.19 bits per heavy atom. The maximum absolute atomic E-state index is 13.0. The number of aromatic nitrogens is 2. The van der Waals surface area contributed by atoms with Gasteiger partial charge in [0.1, 0.15) is 0 Å². The number of nitrogens with one attached hydrogen (secondary N) is 1. The van der Waals surface area contributed by atoms with E-state index < -0.39 is 0 Å². The number of fused-ring (bicyclic) bond motifs is 2. The van der Waals surface area contributed by atoms with Crippen LogP contribution in [0.15, 0.2) is 46.3 Å². The Morgan fingerprint density at radius 3 is 2.88 bits per heavy atom. The molecule has 1 N–H and O–H groups in total. The number of amides is 1. The molecule has 9 heteroatoms. The molecule has 2 aromatic carbocycles. The molecule has 0 fully saturated rings. The standard InChI is InChI=1S/C23H24ClN3O4S/c1-2-3-4-9-27-22(29)17-7-6-16(24)11-18(17)26-23(27)32-13-21(28)25-12-15-5-8-19-20(10-15)31-14-30-19/h5-8,10-11H,2-4,9,12-14H2,1H3,(H,25,28). The summed E-state index contributed by atoms with van der Waals surface area (Å²) in [5.41, 5.74) is 1.35. The molecule has 0 saturated heterocycles. The first-order valence-corrected chi connectivity index (χ1v) is 11.9. The lowest BCUT2D eigenvalue weighted by Crippen LogP contribution is -2.27. The average Bonchev–Trinajstić information content (AvgIpc) is 3.25. The predicted molar refractivity (Wildman–Crippen MR) is 126 cm³/mol. The van der Waals surface area contributed by atoms with E-state index in [0.29, 0.717) is 45.7 Å². The maximum atomic E-state index is 13.0. The molecule has 3 aromatic rings. The van der Waals surface area contributed by atoms with Crippen LogP contribution in [0.5, 0.6) is 11.5 Å². The van der Waals surface area contributed by atoms with Crippen LogP contribution in [0.1, 0.15) is 31.7 Å². The SMILES string of the molecule is CCCCCn1c(SCC(=O)NCc2ccc3c(c2)OCO3)nc2cc(Cl)ccc2c1=O. The molecule has 0 atom stereocenters. The molecule has 0 aliphatic carbocycles. The van der Waals surface area contributed by atoms with Gasteiger partial charge in [0.2, 0.25) is 12.7 Å². The van der Waals surface area contributed by atoms with Crippen molar-refractivity contribution in [3.8, 4) is 11.5 Å². The average molecular weight is 474 g/mol. The van der Waals surface area contributed by atoms with Gasteiger partial charge in [-0.15, -0.1) is 0 Å². The highest BCUT2D eigenvalue weighted by atomic mass is 35.5. The summed E-state index contributed by atoms with van der Waals surface area (Å²) in [5, 5.41) is 4.48. The number of hydrogen-bond donors (Lipinski definition) is 1. The first-order valence-electron chi connectivity index (χ1n) is 10.5. The summed E-state index contributed by atoms with van der Waals surface area (Å²) in [6, 6.07) is 10.7. The van der Waals surface area contributed by atoms with E-state index in [4.69, 9.17) is 21.1 Å². The van der Waals surface area contributed by atoms with Crippen LogP contribution in [-0.4, -0.2) is 28.0 Å². The van der Waals surface area contributed by atoms with Crippen LogP contribution in [0.4, 0.5) is 0 Å². The van der Waals surface area contributed by atoms with Gasteiger partial charge in [-0.3, -0.25) is 14.2 Å². The van der Waals surface area contributed by atoms with Crippen LogP contribution < -0.4 is 20.3 Å². The molecule has 1 aromatic heterocycles. The third-order valence-corrected chi connectivity index (χ3v) is 6.34. The van der Waals surface area contributed by atoms with Gasteiger partial charge in [-0.05, 0) is 42.3 Å². The van der Waals surface area contributed by atoms with Crippen molar-refractivity contribution in [2.24, 2.45) is 0 Å². The number of carbonyl (C=O) groups is 1. The van der Waals surface area contributed by atoms with E-state index in [1.54, 1.807) is 22.8 Å². The van der Waals surface area contributed by atoms with Crippen molar-refractivity contribution in [1.82, 2.24) is 14.9 Å². The van der Waals surface area contributed by atoms with Gasteiger partial charge >= 0.3 is 0 Å². The molecule has 0 radical (unpaired) electrons. The van der Waals surface area contributed by atoms with Gasteiger partial charge in [0.05, 0.1) is 16.7 Å². The Hall–Kier alpha value is -2.71. The van der Waals surface area contributed by atoms with Crippen LogP contribution in [0, 0.1) is 0 Å². The molecule has 168 valence electrons. The van der Waals surface area contributed by atoms with E-state index in [-0.39, 0.29) is 24.0 Å². The minimum Gasteiger partial charge on any atom is -0.454 e. The molecule has 1 aliphatic heterocycles. The Labute approximate surface area is 195 Å². The highest BCUT2D eigenvalue weighted by Crippen LogP contribution is 2.32. The highest BCUT2D eigenvalue weighted by Gasteiger charge is 2.15. The third kappa shape index (κ3) is 5.19. The molecular weight excluding hydrogens is 450 g/mol. The van der Waals surface area contributed by atoms with Crippen LogP contribution in [0.25, 0.3) is 10.9 Å². The second-order valence-electron chi connectivity index (χ2n) is 7.47. The summed E-state index contributed by atoms with van der Waals surface area (Å²) in [6.45, 7) is 3.27. The van der Waals surface area contributed by atoms with E-state index in [1.807, 2.05) is 18.2 Å². The van der Waals surface area contributed by atoms with Crippen LogP contribution >= 0.6 is 23.4 Å². The monoisotopic (exact) mass is 473 g/mol. The molecule has 0 spiro atoms. The summed E-state index contributed by atoms with van der Waals surface area (Å²) in [7, 11) is 0. The van der Waals surface area contributed by atoms with Crippen molar-refractivity contribution in [2.75, 3.05) is 12.5 Å². The number of carbonyl (C=O) groups excluding carboxylic acids is 1. The van der Waals surface area contributed by atoms with E-state index in [1.165, 1.54) is 11.8 Å². The van der Waals surface area contributed by atoms with Crippen molar-refractivity contribution in [1.29, 1.82) is 0 Å². The first kappa shape index (κ1) is 22.5. The zero-order valence-corrected chi connectivity index (χ0v) is 19.3. The molecule has 2 heterocycles. The normalized spacial score (nSPS) is 12.3. The quantitative estimate of drug-likeness (QED) is 0.282. The zero-order valence-electron chi connectivity index (χ0n) is 17.7. The lowest BCUT2D eigenvalue weighted by atomic mass is 10.2. The van der Waals surface area contributed by atoms with Gasteiger partial charge in [0, 0.05) is 18.1 Å². The van der Waals surface area contributed by atoms with Gasteiger partial charge in [-0.2, -0.15) is 0 Å². The molecule has 7 nitrogen and oxygen atoms in total. The van der Waals surface area contributed by atoms with Gasteiger partial charge in [-0.25, -0.2) is 4.98 Å². The van der Waals surface area contributed by atoms with Crippen LogP contribution in [-0.2, 0) is 17.9 Å². The summed E-state index contributed by atoms with van der Waals surface area (Å²) in [6.07, 6.45) is 2.95. The maximum Gasteiger partial charge on any atom is 0.262 e. The third-order valence-electron chi connectivity index (χ3n) is 5.13. The Kier molecular flexibility index (Phi) is 7.22. The number of unbranched alkanes of at least 4 members (excludes halogenated alkanes) is 2. The number of nitrogens with zero attached hydrogens (tertiary/aromatic N) is 2. The molecule has 0 saturated carbocycles. The van der Waals surface area contributed by atoms with Gasteiger partial charge in [0.15, 0.2) is 16.7 Å². The Balaban J connectivity index is 1.45. The smallest absolute Gasteiger partial charge is 0.262 e. The fourth-order valence-corrected chi connectivity index (χ4v) is 4.46. The number of hydrogen-bond acceptors (Lipinski definition) is 6. The minimum atomic E-state index is -0.145. The zero-order chi connectivity index (χ0) is 22.5. The van der Waals surface area contributed by atoms with E-state index in [9.17, 15) is 9.59 Å². The van der Waals surface area contributed by atoms with E-state index in [0.717, 1.165) is 24.8 Å². The van der Waals surface area contributed by atoms with Gasteiger partial charge < -0.3 is 14.8 Å². The van der Waals surface area contributed by atoms with Crippen LogP contribution in [0.3, 0.4) is 0 Å². The lowest BCUT2D eigenvalue weighted by molar-refractivity contribution is -0.118. The summed E-state index contributed by atoms with van der Waals surface area (Å²) < 4.78 is 12.3. The molecule has 0 unspecified atom stereocenters. The molecule has 1 amide bonds. The van der Waals surface area contributed by atoms with Crippen LogP contribution in [0.2, 0.25) is 5.02 Å². The van der Waals surface area contributed by atoms with E-state index >= 15 is 0 Å². The Bertz CT molecular complexity index is 1200. The number of benzene rings is 2. The van der Waals surface area contributed by atoms with Crippen molar-refractivity contribution in [3.05, 3.63) is 57.3 Å². The van der Waals surface area contributed by atoms with Crippen molar-refractivity contribution in [2.45, 2.75) is 44.4 Å². The minimum absolute atomic E-state index is 0.106. The second kappa shape index (κ2) is 10.3. The number of rotatable bonds is 9. The van der Waals surface area contributed by atoms with E-state index in [2.05, 4.69) is 17.2 Å². The molecule has 0 bridgehead atoms. The summed E-state index contributed by atoms with van der Waals surface area (Å²) in [4.78, 5) is 30.2. The first-order chi connectivity index (χ1) is 15.5. The summed E-state index contributed by atoms with van der Waals surface area (Å²) in [5.74, 6) is 1.39. The van der Waals surface area contributed by atoms with Crippen molar-refractivity contribution in [3.63, 3.8) is 0 Å². The van der Waals surface area contributed by atoms with Crippen molar-refractivity contribution >= 4 is 40.2 Å². The fraction of sp³-hybridized carbons (Fsp3) is 0.348. The highest BCUT2D eigenvalue weighted by molar-refractivity contribution is 7.99. The fourth-order valence-electron chi connectivity index (χ4n) is 3.43. The number of thioether (sulfide) groups is 1. The summed E-state index contributed by atoms with van der Waals surface area (Å²) >= 11 is 7.35. The van der Waals surface area contributed by atoms with Gasteiger partial charge in [-0.1, -0.05) is 49.2 Å². The van der Waals surface area contributed by atoms with Crippen molar-refractivity contribution < 1.29 is 14.3 Å². The molecule has 32 heavy (non-hydrogen) atoms. The Morgan fingerprint density at radius 2 is 2.03 bits per heavy atom. The molecule has 4 rings (SSSR count). The predicted octanol–water partition coefficient (Wildman–Crippen LogP) is 4.38. The molecular formula is C23H24ClN3O4S. The second-order valence-corrected chi connectivity index (χ2v) is 8.85.